The molecule has 1 aliphatic rings. The van der Waals surface area contributed by atoms with E-state index in [1.165, 1.54) is 12.5 Å². The van der Waals surface area contributed by atoms with Gasteiger partial charge in [-0.05, 0) is 43.0 Å². The van der Waals surface area contributed by atoms with Crippen molar-refractivity contribution < 1.29 is 9.59 Å². The molecular weight excluding hydrogens is 326 g/mol. The number of carbonyl (C=O) groups is 2. The zero-order valence-corrected chi connectivity index (χ0v) is 15.2. The van der Waals surface area contributed by atoms with E-state index in [0.717, 1.165) is 24.1 Å². The quantitative estimate of drug-likeness (QED) is 0.742. The van der Waals surface area contributed by atoms with Gasteiger partial charge in [-0.15, -0.1) is 0 Å². The average molecular weight is 351 g/mol. The van der Waals surface area contributed by atoms with E-state index in [1.54, 1.807) is 0 Å². The molecule has 0 heterocycles. The van der Waals surface area contributed by atoms with Crippen LogP contribution < -0.4 is 16.0 Å². The number of amides is 3. The van der Waals surface area contributed by atoms with E-state index in [1.807, 2.05) is 49.4 Å². The van der Waals surface area contributed by atoms with Crippen molar-refractivity contribution in [1.82, 2.24) is 10.6 Å². The van der Waals surface area contributed by atoms with Crippen molar-refractivity contribution in [2.75, 3.05) is 11.9 Å². The van der Waals surface area contributed by atoms with E-state index < -0.39 is 0 Å². The van der Waals surface area contributed by atoms with E-state index in [9.17, 15) is 9.59 Å². The first-order valence-electron chi connectivity index (χ1n) is 8.96. The molecule has 1 aliphatic carbocycles. The molecule has 0 aromatic heterocycles. The molecule has 1 saturated carbocycles. The topological polar surface area (TPSA) is 70.2 Å². The predicted molar refractivity (Wildman–Crippen MR) is 103 cm³/mol. The molecule has 0 saturated heterocycles. The van der Waals surface area contributed by atoms with Crippen LogP contribution in [0.4, 0.5) is 10.5 Å². The van der Waals surface area contributed by atoms with Crippen molar-refractivity contribution >= 4 is 17.6 Å². The van der Waals surface area contributed by atoms with E-state index in [-0.39, 0.29) is 23.4 Å². The minimum atomic E-state index is -0.176. The van der Waals surface area contributed by atoms with Crippen molar-refractivity contribution in [2.45, 2.75) is 38.1 Å². The fourth-order valence-electron chi connectivity index (χ4n) is 3.18. The Labute approximate surface area is 154 Å². The van der Waals surface area contributed by atoms with Gasteiger partial charge in [-0.25, -0.2) is 4.79 Å². The number of anilines is 1. The van der Waals surface area contributed by atoms with Crippen LogP contribution in [-0.2, 0) is 10.2 Å². The molecule has 1 atom stereocenters. The van der Waals surface area contributed by atoms with E-state index in [0.29, 0.717) is 6.54 Å². The Hall–Kier alpha value is -2.82. The first-order chi connectivity index (χ1) is 12.5. The van der Waals surface area contributed by atoms with Gasteiger partial charge in [0.25, 0.3) is 0 Å². The molecule has 2 aromatic rings. The van der Waals surface area contributed by atoms with Crippen LogP contribution in [0.25, 0.3) is 0 Å². The number of rotatable bonds is 6. The Morgan fingerprint density at radius 1 is 1.08 bits per heavy atom. The molecular formula is C21H25N3O2. The lowest BCUT2D eigenvalue weighted by Gasteiger charge is -2.19. The highest BCUT2D eigenvalue weighted by Gasteiger charge is 2.44. The maximum atomic E-state index is 12.3. The van der Waals surface area contributed by atoms with Crippen LogP contribution in [0, 0.1) is 0 Å². The van der Waals surface area contributed by atoms with Crippen molar-refractivity contribution in [3.05, 3.63) is 65.7 Å². The molecule has 26 heavy (non-hydrogen) atoms. The lowest BCUT2D eigenvalue weighted by atomic mass is 9.96. The number of carbonyl (C=O) groups excluding carboxylic acids is 2. The van der Waals surface area contributed by atoms with Crippen LogP contribution >= 0.6 is 0 Å². The zero-order chi connectivity index (χ0) is 18.6. The number of hydrogen-bond donors (Lipinski definition) is 3. The largest absolute Gasteiger partial charge is 0.337 e. The van der Waals surface area contributed by atoms with Gasteiger partial charge in [-0.2, -0.15) is 0 Å². The highest BCUT2D eigenvalue weighted by molar-refractivity contribution is 5.88. The molecule has 0 bridgehead atoms. The second-order valence-corrected chi connectivity index (χ2v) is 7.00. The Morgan fingerprint density at radius 2 is 1.81 bits per heavy atom. The first kappa shape index (κ1) is 18.0. The molecule has 0 radical (unpaired) electrons. The van der Waals surface area contributed by atoms with Crippen molar-refractivity contribution in [3.8, 4) is 0 Å². The van der Waals surface area contributed by atoms with Crippen molar-refractivity contribution in [3.63, 3.8) is 0 Å². The van der Waals surface area contributed by atoms with Crippen LogP contribution in [0.5, 0.6) is 0 Å². The van der Waals surface area contributed by atoms with E-state index in [4.69, 9.17) is 0 Å². The van der Waals surface area contributed by atoms with Gasteiger partial charge in [-0.1, -0.05) is 42.5 Å². The summed E-state index contributed by atoms with van der Waals surface area (Å²) in [5.74, 6) is -0.115. The summed E-state index contributed by atoms with van der Waals surface area (Å²) in [7, 11) is 0. The summed E-state index contributed by atoms with van der Waals surface area (Å²) in [6.07, 6.45) is 2.21. The first-order valence-corrected chi connectivity index (χ1v) is 8.96. The monoisotopic (exact) mass is 351 g/mol. The highest BCUT2D eigenvalue weighted by atomic mass is 16.2. The summed E-state index contributed by atoms with van der Waals surface area (Å²) in [5, 5.41) is 8.74. The minimum Gasteiger partial charge on any atom is -0.337 e. The minimum absolute atomic E-state index is 0.0904. The SMILES string of the molecule is CC(=O)Nc1cccc(C(C)NC(=O)NCC2(c3ccccc3)CC2)c1. The fourth-order valence-corrected chi connectivity index (χ4v) is 3.18. The van der Waals surface area contributed by atoms with Crippen LogP contribution in [0.3, 0.4) is 0 Å². The number of benzene rings is 2. The molecule has 5 nitrogen and oxygen atoms in total. The summed E-state index contributed by atoms with van der Waals surface area (Å²) in [6.45, 7) is 4.04. The molecule has 136 valence electrons. The Bertz CT molecular complexity index is 785. The van der Waals surface area contributed by atoms with E-state index >= 15 is 0 Å². The fraction of sp³-hybridized carbons (Fsp3) is 0.333. The molecule has 5 heteroatoms. The third kappa shape index (κ3) is 4.42. The Morgan fingerprint density at radius 3 is 2.46 bits per heavy atom. The lowest BCUT2D eigenvalue weighted by Crippen LogP contribution is -2.40. The maximum absolute atomic E-state index is 12.3. The predicted octanol–water partition coefficient (Wildman–Crippen LogP) is 3.74. The maximum Gasteiger partial charge on any atom is 0.315 e. The second-order valence-electron chi connectivity index (χ2n) is 7.00. The molecule has 1 unspecified atom stereocenters. The highest BCUT2D eigenvalue weighted by Crippen LogP contribution is 2.47. The van der Waals surface area contributed by atoms with Crippen LogP contribution in [-0.4, -0.2) is 18.5 Å². The molecule has 1 fully saturated rings. The number of urea groups is 1. The van der Waals surface area contributed by atoms with Crippen LogP contribution in [0.1, 0.15) is 43.9 Å². The molecule has 0 aliphatic heterocycles. The van der Waals surface area contributed by atoms with Gasteiger partial charge in [0, 0.05) is 24.6 Å². The Balaban J connectivity index is 1.54. The van der Waals surface area contributed by atoms with Gasteiger partial charge in [0.1, 0.15) is 0 Å². The smallest absolute Gasteiger partial charge is 0.315 e. The molecule has 2 aromatic carbocycles. The molecule has 0 spiro atoms. The average Bonchev–Trinajstić information content (AvgIpc) is 3.42. The van der Waals surface area contributed by atoms with Gasteiger partial charge in [-0.3, -0.25) is 4.79 Å². The summed E-state index contributed by atoms with van der Waals surface area (Å²) >= 11 is 0. The van der Waals surface area contributed by atoms with E-state index in [2.05, 4.69) is 28.1 Å². The van der Waals surface area contributed by atoms with Gasteiger partial charge >= 0.3 is 6.03 Å². The van der Waals surface area contributed by atoms with Crippen LogP contribution in [0.15, 0.2) is 54.6 Å². The third-order valence-corrected chi connectivity index (χ3v) is 4.88. The van der Waals surface area contributed by atoms with Gasteiger partial charge in [0.05, 0.1) is 6.04 Å². The molecule has 3 rings (SSSR count). The normalized spacial score (nSPS) is 15.6. The number of nitrogens with one attached hydrogen (secondary N) is 3. The van der Waals surface area contributed by atoms with Gasteiger partial charge in [0.15, 0.2) is 0 Å². The Kier molecular flexibility index (Phi) is 5.26. The summed E-state index contributed by atoms with van der Waals surface area (Å²) < 4.78 is 0. The zero-order valence-electron chi connectivity index (χ0n) is 15.2. The number of hydrogen-bond acceptors (Lipinski definition) is 2. The lowest BCUT2D eigenvalue weighted by molar-refractivity contribution is -0.114. The molecule has 3 amide bonds. The molecule has 3 N–H and O–H groups in total. The summed E-state index contributed by atoms with van der Waals surface area (Å²) in [4.78, 5) is 23.5. The van der Waals surface area contributed by atoms with Gasteiger partial charge < -0.3 is 16.0 Å². The van der Waals surface area contributed by atoms with Crippen molar-refractivity contribution in [2.24, 2.45) is 0 Å². The standard InChI is InChI=1S/C21H25N3O2/c1-15(17-7-6-10-19(13-17)24-16(2)25)23-20(26)22-14-21(11-12-21)18-8-4-3-5-9-18/h3-10,13,15H,11-12,14H2,1-2H3,(H,24,25)(H2,22,23,26). The van der Waals surface area contributed by atoms with Crippen LogP contribution in [0.2, 0.25) is 0 Å². The second kappa shape index (κ2) is 7.60. The summed E-state index contributed by atoms with van der Waals surface area (Å²) in [6, 6.07) is 17.5. The van der Waals surface area contributed by atoms with Gasteiger partial charge in [0.2, 0.25) is 5.91 Å². The third-order valence-electron chi connectivity index (χ3n) is 4.88. The summed E-state index contributed by atoms with van der Waals surface area (Å²) in [5.41, 5.74) is 3.05. The van der Waals surface area contributed by atoms with Crippen molar-refractivity contribution in [1.29, 1.82) is 0 Å².